The van der Waals surface area contributed by atoms with Crippen molar-refractivity contribution in [2.24, 2.45) is 0 Å². The predicted molar refractivity (Wildman–Crippen MR) is 112 cm³/mol. The van der Waals surface area contributed by atoms with E-state index in [-0.39, 0.29) is 0 Å². The van der Waals surface area contributed by atoms with Gasteiger partial charge >= 0.3 is 0 Å². The summed E-state index contributed by atoms with van der Waals surface area (Å²) in [5.74, 6) is 0.536. The van der Waals surface area contributed by atoms with E-state index in [1.807, 2.05) is 6.07 Å². The first-order chi connectivity index (χ1) is 12.2. The lowest BCUT2D eigenvalue weighted by molar-refractivity contribution is 0.463. The Bertz CT molecular complexity index is 450. The molecule has 0 aromatic heterocycles. The fourth-order valence-corrected chi connectivity index (χ4v) is 3.81. The van der Waals surface area contributed by atoms with E-state index in [4.69, 9.17) is 0 Å². The van der Waals surface area contributed by atoms with Gasteiger partial charge in [0.1, 0.15) is 5.75 Å². The van der Waals surface area contributed by atoms with Crippen LogP contribution in [0.5, 0.6) is 5.75 Å². The van der Waals surface area contributed by atoms with Crippen LogP contribution in [0.1, 0.15) is 115 Å². The second kappa shape index (κ2) is 14.2. The number of hydrogen-bond acceptors (Lipinski definition) is 1. The number of phenolic OH excluding ortho intramolecular Hbond substituents is 1. The molecule has 0 aliphatic heterocycles. The molecule has 0 atom stereocenters. The molecule has 0 radical (unpaired) electrons. The van der Waals surface area contributed by atoms with Crippen molar-refractivity contribution >= 4 is 0 Å². The Morgan fingerprint density at radius 2 is 1.08 bits per heavy atom. The minimum absolute atomic E-state index is 0.536. The van der Waals surface area contributed by atoms with Gasteiger partial charge in [0.05, 0.1) is 0 Å². The SMILES string of the molecule is CCCCCCCCCCc1c(O)ccc(CCC)c1CCCCC. The van der Waals surface area contributed by atoms with Crippen molar-refractivity contribution < 1.29 is 5.11 Å². The fraction of sp³-hybridized carbons (Fsp3) is 0.750. The molecule has 144 valence electrons. The molecule has 0 spiro atoms. The third-order valence-corrected chi connectivity index (χ3v) is 5.33. The monoisotopic (exact) mass is 346 g/mol. The second-order valence-electron chi connectivity index (χ2n) is 7.63. The van der Waals surface area contributed by atoms with E-state index in [1.165, 1.54) is 93.7 Å². The topological polar surface area (TPSA) is 20.2 Å². The van der Waals surface area contributed by atoms with E-state index in [0.717, 1.165) is 19.3 Å². The van der Waals surface area contributed by atoms with E-state index in [1.54, 1.807) is 0 Å². The zero-order valence-electron chi connectivity index (χ0n) is 17.2. The summed E-state index contributed by atoms with van der Waals surface area (Å²) in [5, 5.41) is 10.4. The van der Waals surface area contributed by atoms with Gasteiger partial charge in [-0.15, -0.1) is 0 Å². The first-order valence-corrected chi connectivity index (χ1v) is 11.1. The summed E-state index contributed by atoms with van der Waals surface area (Å²) in [6.45, 7) is 6.79. The first-order valence-electron chi connectivity index (χ1n) is 11.1. The van der Waals surface area contributed by atoms with E-state index in [2.05, 4.69) is 26.8 Å². The Morgan fingerprint density at radius 3 is 1.72 bits per heavy atom. The zero-order chi connectivity index (χ0) is 18.3. The highest BCUT2D eigenvalue weighted by atomic mass is 16.3. The average molecular weight is 347 g/mol. The molecule has 1 aromatic rings. The van der Waals surface area contributed by atoms with Crippen molar-refractivity contribution in [2.75, 3.05) is 0 Å². The minimum atomic E-state index is 0.536. The van der Waals surface area contributed by atoms with Crippen LogP contribution in [0, 0.1) is 0 Å². The van der Waals surface area contributed by atoms with Crippen molar-refractivity contribution in [1.82, 2.24) is 0 Å². The molecule has 0 saturated heterocycles. The smallest absolute Gasteiger partial charge is 0.119 e. The number of rotatable bonds is 15. The lowest BCUT2D eigenvalue weighted by Crippen LogP contribution is -2.02. The van der Waals surface area contributed by atoms with E-state index in [0.29, 0.717) is 5.75 Å². The van der Waals surface area contributed by atoms with Gasteiger partial charge in [0.2, 0.25) is 0 Å². The van der Waals surface area contributed by atoms with Gasteiger partial charge in [-0.2, -0.15) is 0 Å². The normalized spacial score (nSPS) is 11.2. The molecule has 1 rings (SSSR count). The molecule has 0 saturated carbocycles. The highest BCUT2D eigenvalue weighted by molar-refractivity contribution is 5.45. The molecule has 1 aromatic carbocycles. The van der Waals surface area contributed by atoms with Crippen LogP contribution in [0.3, 0.4) is 0 Å². The number of unbranched alkanes of at least 4 members (excludes halogenated alkanes) is 9. The summed E-state index contributed by atoms with van der Waals surface area (Å²) in [7, 11) is 0. The number of aromatic hydroxyl groups is 1. The average Bonchev–Trinajstić information content (AvgIpc) is 2.61. The van der Waals surface area contributed by atoms with Gasteiger partial charge in [-0.25, -0.2) is 0 Å². The molecule has 1 heteroatoms. The molecule has 1 N–H and O–H groups in total. The van der Waals surface area contributed by atoms with Crippen LogP contribution in [0.25, 0.3) is 0 Å². The molecule has 0 heterocycles. The maximum absolute atomic E-state index is 10.4. The van der Waals surface area contributed by atoms with Crippen LogP contribution >= 0.6 is 0 Å². The van der Waals surface area contributed by atoms with Gasteiger partial charge in [0, 0.05) is 0 Å². The molecule has 1 nitrogen and oxygen atoms in total. The molecule has 0 bridgehead atoms. The van der Waals surface area contributed by atoms with Gasteiger partial charge < -0.3 is 5.11 Å². The Kier molecular flexibility index (Phi) is 12.5. The van der Waals surface area contributed by atoms with E-state index >= 15 is 0 Å². The molecule has 0 aliphatic carbocycles. The third kappa shape index (κ3) is 8.79. The summed E-state index contributed by atoms with van der Waals surface area (Å²) in [6.07, 6.45) is 19.1. The Balaban J connectivity index is 2.55. The van der Waals surface area contributed by atoms with Crippen molar-refractivity contribution in [1.29, 1.82) is 0 Å². The molecule has 0 unspecified atom stereocenters. The van der Waals surface area contributed by atoms with Gasteiger partial charge in [-0.3, -0.25) is 0 Å². The van der Waals surface area contributed by atoms with Crippen LogP contribution in [0.15, 0.2) is 12.1 Å². The number of benzene rings is 1. The van der Waals surface area contributed by atoms with Crippen molar-refractivity contribution in [3.63, 3.8) is 0 Å². The van der Waals surface area contributed by atoms with Crippen molar-refractivity contribution in [3.05, 3.63) is 28.8 Å². The molecule has 25 heavy (non-hydrogen) atoms. The Morgan fingerprint density at radius 1 is 0.560 bits per heavy atom. The maximum Gasteiger partial charge on any atom is 0.119 e. The fourth-order valence-electron chi connectivity index (χ4n) is 3.81. The molecular formula is C24H42O. The minimum Gasteiger partial charge on any atom is -0.508 e. The maximum atomic E-state index is 10.4. The standard InChI is InChI=1S/C24H42O/c1-4-7-9-10-11-12-13-15-18-23-22(17-14-8-5-2)21(16-6-3)19-20-24(23)25/h19-20,25H,4-18H2,1-3H3. The number of aryl methyl sites for hydroxylation is 1. The Hall–Kier alpha value is -0.980. The summed E-state index contributed by atoms with van der Waals surface area (Å²) in [4.78, 5) is 0. The highest BCUT2D eigenvalue weighted by Gasteiger charge is 2.12. The van der Waals surface area contributed by atoms with Gasteiger partial charge in [0.25, 0.3) is 0 Å². The summed E-state index contributed by atoms with van der Waals surface area (Å²) < 4.78 is 0. The third-order valence-electron chi connectivity index (χ3n) is 5.33. The quantitative estimate of drug-likeness (QED) is 0.322. The molecule has 0 amide bonds. The molecule has 0 aliphatic rings. The number of hydrogen-bond donors (Lipinski definition) is 1. The Labute approximate surface area is 157 Å². The van der Waals surface area contributed by atoms with Gasteiger partial charge in [-0.05, 0) is 54.9 Å². The van der Waals surface area contributed by atoms with Crippen molar-refractivity contribution in [2.45, 2.75) is 117 Å². The summed E-state index contributed by atoms with van der Waals surface area (Å²) in [5.41, 5.74) is 4.21. The van der Waals surface area contributed by atoms with Gasteiger partial charge in [0.15, 0.2) is 0 Å². The molecular weight excluding hydrogens is 304 g/mol. The lowest BCUT2D eigenvalue weighted by atomic mass is 9.90. The van der Waals surface area contributed by atoms with Crippen LogP contribution < -0.4 is 0 Å². The van der Waals surface area contributed by atoms with Crippen molar-refractivity contribution in [3.8, 4) is 5.75 Å². The largest absolute Gasteiger partial charge is 0.508 e. The van der Waals surface area contributed by atoms with Gasteiger partial charge in [-0.1, -0.05) is 91.0 Å². The van der Waals surface area contributed by atoms with E-state index < -0.39 is 0 Å². The summed E-state index contributed by atoms with van der Waals surface area (Å²) >= 11 is 0. The highest BCUT2D eigenvalue weighted by Crippen LogP contribution is 2.29. The van der Waals surface area contributed by atoms with Crippen LogP contribution in [0.4, 0.5) is 0 Å². The summed E-state index contributed by atoms with van der Waals surface area (Å²) in [6, 6.07) is 4.10. The van der Waals surface area contributed by atoms with E-state index in [9.17, 15) is 5.11 Å². The predicted octanol–water partition coefficient (Wildman–Crippen LogP) is 7.76. The molecule has 0 fully saturated rings. The second-order valence-corrected chi connectivity index (χ2v) is 7.63. The van der Waals surface area contributed by atoms with Crippen LogP contribution in [-0.4, -0.2) is 5.11 Å². The van der Waals surface area contributed by atoms with Crippen LogP contribution in [0.2, 0.25) is 0 Å². The first kappa shape index (κ1) is 22.1. The number of phenols is 1. The lowest BCUT2D eigenvalue weighted by Gasteiger charge is -2.16. The van der Waals surface area contributed by atoms with Crippen LogP contribution in [-0.2, 0) is 19.3 Å². The zero-order valence-corrected chi connectivity index (χ0v) is 17.2.